The fourth-order valence-electron chi connectivity index (χ4n) is 3.52. The monoisotopic (exact) mass is 351 g/mol. The van der Waals surface area contributed by atoms with Crippen LogP contribution in [0, 0.1) is 25.7 Å². The quantitative estimate of drug-likeness (QED) is 0.333. The van der Waals surface area contributed by atoms with E-state index in [0.717, 1.165) is 27.4 Å². The summed E-state index contributed by atoms with van der Waals surface area (Å²) in [4.78, 5) is 12.9. The van der Waals surface area contributed by atoms with Crippen molar-refractivity contribution in [2.24, 2.45) is 0 Å². The van der Waals surface area contributed by atoms with E-state index in [0.29, 0.717) is 0 Å². The molecule has 2 heteroatoms. The molecule has 0 amide bonds. The van der Waals surface area contributed by atoms with Gasteiger partial charge in [-0.15, -0.1) is 0 Å². The van der Waals surface area contributed by atoms with Crippen LogP contribution >= 0.6 is 0 Å². The van der Waals surface area contributed by atoms with Crippen molar-refractivity contribution >= 4 is 21.8 Å². The van der Waals surface area contributed by atoms with Gasteiger partial charge in [-0.3, -0.25) is 4.79 Å². The van der Waals surface area contributed by atoms with Gasteiger partial charge in [0, 0.05) is 16.3 Å². The summed E-state index contributed by atoms with van der Waals surface area (Å²) in [7, 11) is 0. The molecule has 0 radical (unpaired) electrons. The molecule has 0 aliphatic heterocycles. The maximum Gasteiger partial charge on any atom is 0.197 e. The number of benzene rings is 3. The fourth-order valence-corrected chi connectivity index (χ4v) is 3.52. The zero-order valence-corrected chi connectivity index (χ0v) is 15.8. The Morgan fingerprint density at radius 2 is 1.41 bits per heavy atom. The summed E-state index contributed by atoms with van der Waals surface area (Å²) in [5.41, 5.74) is 5.44. The van der Waals surface area contributed by atoms with E-state index in [-0.39, 0.29) is 11.5 Å². The SMILES string of the molecule is Cc1ccc(C#CC(C)n2c3ccccc3c(=O)c3ccccc32)cc1C. The van der Waals surface area contributed by atoms with Gasteiger partial charge in [-0.1, -0.05) is 42.2 Å². The van der Waals surface area contributed by atoms with E-state index in [1.807, 2.05) is 48.5 Å². The standard InChI is InChI=1S/C25H21NO/c1-17-12-14-20(16-18(17)2)15-13-19(3)26-23-10-6-4-8-21(23)25(27)22-9-5-7-11-24(22)26/h4-12,14,16,19H,1-3H3. The first-order valence-electron chi connectivity index (χ1n) is 9.17. The Morgan fingerprint density at radius 1 is 0.815 bits per heavy atom. The molecule has 4 aromatic rings. The molecule has 1 aromatic heterocycles. The third-order valence-corrected chi connectivity index (χ3v) is 5.14. The summed E-state index contributed by atoms with van der Waals surface area (Å²) < 4.78 is 2.17. The molecule has 1 unspecified atom stereocenters. The number of aryl methyl sites for hydroxylation is 2. The van der Waals surface area contributed by atoms with Gasteiger partial charge in [0.2, 0.25) is 0 Å². The Labute approximate surface area is 159 Å². The molecule has 0 fully saturated rings. The molecule has 0 saturated carbocycles. The smallest absolute Gasteiger partial charge is 0.197 e. The summed E-state index contributed by atoms with van der Waals surface area (Å²) in [6.45, 7) is 6.29. The highest BCUT2D eigenvalue weighted by atomic mass is 16.1. The van der Waals surface area contributed by atoms with E-state index in [1.165, 1.54) is 11.1 Å². The molecule has 1 atom stereocenters. The number of aromatic nitrogens is 1. The molecule has 0 aliphatic rings. The van der Waals surface area contributed by atoms with Gasteiger partial charge < -0.3 is 4.57 Å². The number of nitrogens with zero attached hydrogens (tertiary/aromatic N) is 1. The summed E-state index contributed by atoms with van der Waals surface area (Å²) in [6.07, 6.45) is 0. The molecule has 4 rings (SSSR count). The molecule has 3 aromatic carbocycles. The third kappa shape index (κ3) is 3.02. The number of rotatable bonds is 1. The average Bonchev–Trinajstić information content (AvgIpc) is 2.69. The molecule has 27 heavy (non-hydrogen) atoms. The summed E-state index contributed by atoms with van der Waals surface area (Å²) >= 11 is 0. The lowest BCUT2D eigenvalue weighted by atomic mass is 10.1. The Kier molecular flexibility index (Phi) is 4.30. The highest BCUT2D eigenvalue weighted by Crippen LogP contribution is 2.23. The molecule has 0 N–H and O–H groups in total. The van der Waals surface area contributed by atoms with Crippen LogP contribution in [0.3, 0.4) is 0 Å². The van der Waals surface area contributed by atoms with E-state index in [9.17, 15) is 4.79 Å². The van der Waals surface area contributed by atoms with Gasteiger partial charge in [0.05, 0.1) is 17.1 Å². The summed E-state index contributed by atoms with van der Waals surface area (Å²) in [5, 5.41) is 1.46. The lowest BCUT2D eigenvalue weighted by molar-refractivity contribution is 0.729. The predicted molar refractivity (Wildman–Crippen MR) is 113 cm³/mol. The Balaban J connectivity index is 1.92. The van der Waals surface area contributed by atoms with Gasteiger partial charge >= 0.3 is 0 Å². The second-order valence-corrected chi connectivity index (χ2v) is 6.98. The first-order valence-corrected chi connectivity index (χ1v) is 9.17. The van der Waals surface area contributed by atoms with Crippen molar-refractivity contribution < 1.29 is 0 Å². The fraction of sp³-hybridized carbons (Fsp3) is 0.160. The van der Waals surface area contributed by atoms with Crippen molar-refractivity contribution in [3.05, 3.63) is 93.6 Å². The summed E-state index contributed by atoms with van der Waals surface area (Å²) in [6, 6.07) is 21.8. The van der Waals surface area contributed by atoms with Crippen LogP contribution in [0.5, 0.6) is 0 Å². The molecular formula is C25H21NO. The molecule has 2 nitrogen and oxygen atoms in total. The second-order valence-electron chi connectivity index (χ2n) is 6.98. The molecule has 0 saturated heterocycles. The summed E-state index contributed by atoms with van der Waals surface area (Å²) in [5.74, 6) is 6.68. The van der Waals surface area contributed by atoms with Gasteiger partial charge in [-0.2, -0.15) is 0 Å². The average molecular weight is 351 g/mol. The minimum atomic E-state index is -0.0676. The van der Waals surface area contributed by atoms with Crippen LogP contribution in [0.4, 0.5) is 0 Å². The van der Waals surface area contributed by atoms with Crippen molar-refractivity contribution in [2.75, 3.05) is 0 Å². The maximum atomic E-state index is 12.9. The molecule has 0 bridgehead atoms. The first-order chi connectivity index (χ1) is 13.1. The van der Waals surface area contributed by atoms with E-state index < -0.39 is 0 Å². The lowest BCUT2D eigenvalue weighted by Gasteiger charge is -2.18. The van der Waals surface area contributed by atoms with E-state index in [2.05, 4.69) is 55.4 Å². The number of para-hydroxylation sites is 2. The zero-order chi connectivity index (χ0) is 19.0. The number of hydrogen-bond acceptors (Lipinski definition) is 1. The van der Waals surface area contributed by atoms with E-state index >= 15 is 0 Å². The zero-order valence-electron chi connectivity index (χ0n) is 15.8. The van der Waals surface area contributed by atoms with Gasteiger partial charge in [0.25, 0.3) is 0 Å². The molecule has 132 valence electrons. The Bertz CT molecular complexity index is 1220. The first kappa shape index (κ1) is 17.1. The number of hydrogen-bond donors (Lipinski definition) is 0. The maximum absolute atomic E-state index is 12.9. The molecular weight excluding hydrogens is 330 g/mol. The second kappa shape index (κ2) is 6.78. The third-order valence-electron chi connectivity index (χ3n) is 5.14. The topological polar surface area (TPSA) is 22.0 Å². The van der Waals surface area contributed by atoms with Gasteiger partial charge in [0.15, 0.2) is 5.43 Å². The highest BCUT2D eigenvalue weighted by Gasteiger charge is 2.13. The van der Waals surface area contributed by atoms with Crippen LogP contribution in [0.15, 0.2) is 71.5 Å². The van der Waals surface area contributed by atoms with Crippen molar-refractivity contribution in [3.8, 4) is 11.8 Å². The Morgan fingerprint density at radius 3 is 2.00 bits per heavy atom. The van der Waals surface area contributed by atoms with Gasteiger partial charge in [-0.05, 0) is 68.3 Å². The van der Waals surface area contributed by atoms with Crippen LogP contribution in [0.25, 0.3) is 21.8 Å². The molecule has 0 spiro atoms. The minimum absolute atomic E-state index is 0.0676. The Hall–Kier alpha value is -3.31. The van der Waals surface area contributed by atoms with Crippen LogP contribution in [-0.2, 0) is 0 Å². The number of fused-ring (bicyclic) bond motifs is 2. The van der Waals surface area contributed by atoms with Crippen LogP contribution in [0.2, 0.25) is 0 Å². The van der Waals surface area contributed by atoms with Crippen molar-refractivity contribution in [1.82, 2.24) is 4.57 Å². The van der Waals surface area contributed by atoms with Gasteiger partial charge in [-0.25, -0.2) is 0 Å². The minimum Gasteiger partial charge on any atom is -0.326 e. The highest BCUT2D eigenvalue weighted by molar-refractivity contribution is 5.93. The number of pyridine rings is 1. The normalized spacial score (nSPS) is 12.0. The molecule has 1 heterocycles. The lowest BCUT2D eigenvalue weighted by Crippen LogP contribution is -2.13. The van der Waals surface area contributed by atoms with E-state index in [1.54, 1.807) is 0 Å². The largest absolute Gasteiger partial charge is 0.326 e. The van der Waals surface area contributed by atoms with Crippen LogP contribution < -0.4 is 5.43 Å². The molecule has 0 aliphatic carbocycles. The van der Waals surface area contributed by atoms with Crippen LogP contribution in [-0.4, -0.2) is 4.57 Å². The van der Waals surface area contributed by atoms with Crippen molar-refractivity contribution in [2.45, 2.75) is 26.8 Å². The van der Waals surface area contributed by atoms with Crippen molar-refractivity contribution in [1.29, 1.82) is 0 Å². The van der Waals surface area contributed by atoms with E-state index in [4.69, 9.17) is 0 Å². The predicted octanol–water partition coefficient (Wildman–Crippen LogP) is 5.38. The van der Waals surface area contributed by atoms with Crippen molar-refractivity contribution in [3.63, 3.8) is 0 Å². The van der Waals surface area contributed by atoms with Crippen LogP contribution in [0.1, 0.15) is 29.7 Å². The van der Waals surface area contributed by atoms with Gasteiger partial charge in [0.1, 0.15) is 0 Å².